The summed E-state index contributed by atoms with van der Waals surface area (Å²) in [6.07, 6.45) is 4.91. The van der Waals surface area contributed by atoms with Crippen LogP contribution in [0.3, 0.4) is 0 Å². The molecular weight excluding hydrogens is 206 g/mol. The fourth-order valence-electron chi connectivity index (χ4n) is 1.07. The molecule has 1 atom stereocenters. The summed E-state index contributed by atoms with van der Waals surface area (Å²) in [5.74, 6) is 0. The molecule has 0 aromatic rings. The predicted octanol–water partition coefficient (Wildman–Crippen LogP) is 1.72. The number of hydrogen-bond acceptors (Lipinski definition) is 2. The van der Waals surface area contributed by atoms with E-state index >= 15 is 0 Å². The summed E-state index contributed by atoms with van der Waals surface area (Å²) in [7, 11) is 3.69. The van der Waals surface area contributed by atoms with Crippen molar-refractivity contribution >= 4 is 23.3 Å². The quantitative estimate of drug-likeness (QED) is 0.710. The van der Waals surface area contributed by atoms with Gasteiger partial charge in [-0.15, -0.1) is 12.4 Å². The highest BCUT2D eigenvalue weighted by Gasteiger charge is 2.11. The molecule has 78 valence electrons. The molecule has 1 heterocycles. The topological polar surface area (TPSA) is 23.5 Å². The standard InChI is InChI=1S/C9H17NOS.ClH/c1-10(2)6-5-9(11)12-7-3-4-8-12;/h3-4,7-9,11-12H,5-6H2,1-2H3;1H. The summed E-state index contributed by atoms with van der Waals surface area (Å²) in [6, 6.07) is 0. The molecule has 0 saturated heterocycles. The minimum absolute atomic E-state index is 0. The largest absolute Gasteiger partial charge is 0.384 e. The van der Waals surface area contributed by atoms with Crippen LogP contribution in [0, 0.1) is 0 Å². The second-order valence-corrected chi connectivity index (χ2v) is 5.29. The molecule has 1 rings (SSSR count). The summed E-state index contributed by atoms with van der Waals surface area (Å²) < 4.78 is 0. The van der Waals surface area contributed by atoms with E-state index in [0.29, 0.717) is 0 Å². The molecule has 4 heteroatoms. The molecule has 0 aromatic heterocycles. The molecule has 1 aliphatic heterocycles. The molecule has 13 heavy (non-hydrogen) atoms. The van der Waals surface area contributed by atoms with Crippen LogP contribution in [0.1, 0.15) is 6.42 Å². The molecule has 0 radical (unpaired) electrons. The average molecular weight is 224 g/mol. The number of halogens is 1. The summed E-state index contributed by atoms with van der Waals surface area (Å²) in [6.45, 7) is 0.960. The number of rotatable bonds is 4. The van der Waals surface area contributed by atoms with Crippen molar-refractivity contribution in [3.8, 4) is 0 Å². The first-order valence-electron chi connectivity index (χ1n) is 4.15. The Morgan fingerprint density at radius 3 is 2.31 bits per heavy atom. The van der Waals surface area contributed by atoms with E-state index in [9.17, 15) is 5.11 Å². The van der Waals surface area contributed by atoms with Crippen molar-refractivity contribution in [2.75, 3.05) is 20.6 Å². The van der Waals surface area contributed by atoms with Gasteiger partial charge in [-0.3, -0.25) is 0 Å². The van der Waals surface area contributed by atoms with E-state index in [2.05, 4.69) is 15.7 Å². The number of aliphatic hydroxyl groups is 1. The summed E-state index contributed by atoms with van der Waals surface area (Å²) in [5, 5.41) is 13.9. The smallest absolute Gasteiger partial charge is 0.0895 e. The molecule has 2 nitrogen and oxygen atoms in total. The van der Waals surface area contributed by atoms with Gasteiger partial charge in [0.2, 0.25) is 0 Å². The second-order valence-electron chi connectivity index (χ2n) is 3.20. The number of aliphatic hydroxyl groups excluding tert-OH is 1. The van der Waals surface area contributed by atoms with Crippen LogP contribution < -0.4 is 0 Å². The second kappa shape index (κ2) is 6.49. The minimum atomic E-state index is -0.369. The third kappa shape index (κ3) is 4.72. The number of allylic oxidation sites excluding steroid dienone is 2. The summed E-state index contributed by atoms with van der Waals surface area (Å²) in [5.41, 5.74) is -0.155. The van der Waals surface area contributed by atoms with Crippen LogP contribution in [0.25, 0.3) is 0 Å². The lowest BCUT2D eigenvalue weighted by atomic mass is 10.4. The van der Waals surface area contributed by atoms with E-state index < -0.39 is 0 Å². The monoisotopic (exact) mass is 223 g/mol. The van der Waals surface area contributed by atoms with Crippen molar-refractivity contribution in [1.82, 2.24) is 4.90 Å². The van der Waals surface area contributed by atoms with Gasteiger partial charge in [0.1, 0.15) is 0 Å². The summed E-state index contributed by atoms with van der Waals surface area (Å²) >= 11 is 0. The zero-order valence-corrected chi connectivity index (χ0v) is 9.76. The van der Waals surface area contributed by atoms with Gasteiger partial charge in [-0.2, -0.15) is 10.9 Å². The highest BCUT2D eigenvalue weighted by Crippen LogP contribution is 2.38. The van der Waals surface area contributed by atoms with Gasteiger partial charge in [0.05, 0.1) is 5.44 Å². The molecule has 1 unspecified atom stereocenters. The molecule has 0 aromatic carbocycles. The van der Waals surface area contributed by atoms with E-state index in [1.54, 1.807) is 0 Å². The van der Waals surface area contributed by atoms with Gasteiger partial charge in [0, 0.05) is 6.54 Å². The third-order valence-corrected chi connectivity index (χ3v) is 3.79. The van der Waals surface area contributed by atoms with Crippen molar-refractivity contribution in [1.29, 1.82) is 0 Å². The van der Waals surface area contributed by atoms with Gasteiger partial charge in [-0.25, -0.2) is 0 Å². The van der Waals surface area contributed by atoms with Crippen LogP contribution in [0.15, 0.2) is 23.0 Å². The Hall–Kier alpha value is 0.0400. The van der Waals surface area contributed by atoms with E-state index in [0.717, 1.165) is 13.0 Å². The molecule has 0 saturated carbocycles. The Kier molecular flexibility index (Phi) is 6.51. The first-order valence-corrected chi connectivity index (χ1v) is 5.70. The lowest BCUT2D eigenvalue weighted by Gasteiger charge is -2.20. The SMILES string of the molecule is CN(C)CCC(O)[SH]1C=CC=C1.Cl. The summed E-state index contributed by atoms with van der Waals surface area (Å²) in [4.78, 5) is 2.10. The van der Waals surface area contributed by atoms with Gasteiger partial charge in [0.25, 0.3) is 0 Å². The first-order chi connectivity index (χ1) is 5.70. The molecular formula is C9H18ClNOS. The third-order valence-electron chi connectivity index (χ3n) is 1.81. The average Bonchev–Trinajstić information content (AvgIpc) is 2.51. The van der Waals surface area contributed by atoms with Gasteiger partial charge < -0.3 is 10.0 Å². The Labute approximate surface area is 89.1 Å². The van der Waals surface area contributed by atoms with Crippen molar-refractivity contribution in [3.05, 3.63) is 23.0 Å². The first kappa shape index (κ1) is 13.0. The highest BCUT2D eigenvalue weighted by atomic mass is 35.5. The van der Waals surface area contributed by atoms with Crippen LogP contribution >= 0.6 is 23.3 Å². The normalized spacial score (nSPS) is 19.2. The molecule has 0 aliphatic carbocycles. The lowest BCUT2D eigenvalue weighted by molar-refractivity contribution is 0.231. The molecule has 0 bridgehead atoms. The Balaban J connectivity index is 0.00000144. The highest BCUT2D eigenvalue weighted by molar-refractivity contribution is 8.22. The maximum atomic E-state index is 9.70. The fourth-order valence-corrected chi connectivity index (χ4v) is 2.58. The number of thiol groups is 1. The van der Waals surface area contributed by atoms with E-state index in [1.807, 2.05) is 26.2 Å². The Morgan fingerprint density at radius 2 is 1.85 bits per heavy atom. The predicted molar refractivity (Wildman–Crippen MR) is 63.7 cm³/mol. The lowest BCUT2D eigenvalue weighted by Crippen LogP contribution is -2.18. The molecule has 0 amide bonds. The zero-order valence-electron chi connectivity index (χ0n) is 8.05. The van der Waals surface area contributed by atoms with E-state index in [1.165, 1.54) is 0 Å². The van der Waals surface area contributed by atoms with Crippen molar-refractivity contribution in [2.45, 2.75) is 11.9 Å². The van der Waals surface area contributed by atoms with Gasteiger partial charge in [-0.05, 0) is 31.3 Å². The Bertz CT molecular complexity index is 182. The van der Waals surface area contributed by atoms with E-state index in [-0.39, 0.29) is 28.7 Å². The van der Waals surface area contributed by atoms with Gasteiger partial charge in [-0.1, -0.05) is 12.2 Å². The van der Waals surface area contributed by atoms with Crippen molar-refractivity contribution in [3.63, 3.8) is 0 Å². The molecule has 1 aliphatic rings. The van der Waals surface area contributed by atoms with Crippen LogP contribution in [0.4, 0.5) is 0 Å². The fraction of sp³-hybridized carbons (Fsp3) is 0.556. The van der Waals surface area contributed by atoms with Gasteiger partial charge >= 0.3 is 0 Å². The zero-order chi connectivity index (χ0) is 8.97. The van der Waals surface area contributed by atoms with Crippen LogP contribution in [0.2, 0.25) is 0 Å². The van der Waals surface area contributed by atoms with E-state index in [4.69, 9.17) is 0 Å². The van der Waals surface area contributed by atoms with Crippen LogP contribution in [-0.4, -0.2) is 36.1 Å². The minimum Gasteiger partial charge on any atom is -0.384 e. The molecule has 0 spiro atoms. The number of nitrogens with zero attached hydrogens (tertiary/aromatic N) is 1. The van der Waals surface area contributed by atoms with Gasteiger partial charge in [0.15, 0.2) is 0 Å². The molecule has 1 N–H and O–H groups in total. The van der Waals surface area contributed by atoms with Crippen LogP contribution in [-0.2, 0) is 0 Å². The van der Waals surface area contributed by atoms with Crippen LogP contribution in [0.5, 0.6) is 0 Å². The molecule has 0 fully saturated rings. The Morgan fingerprint density at radius 1 is 1.31 bits per heavy atom. The van der Waals surface area contributed by atoms with Crippen molar-refractivity contribution < 1.29 is 5.11 Å². The van der Waals surface area contributed by atoms with Crippen molar-refractivity contribution in [2.24, 2.45) is 0 Å². The maximum absolute atomic E-state index is 9.70. The maximum Gasteiger partial charge on any atom is 0.0895 e. The number of hydrogen-bond donors (Lipinski definition) is 2.